The van der Waals surface area contributed by atoms with E-state index in [2.05, 4.69) is 21.4 Å². The predicted molar refractivity (Wildman–Crippen MR) is 135 cm³/mol. The molecule has 2 aromatic carbocycles. The van der Waals surface area contributed by atoms with Crippen LogP contribution in [0, 0.1) is 5.82 Å². The first-order valence-electron chi connectivity index (χ1n) is 12.3. The molecule has 2 fully saturated rings. The summed E-state index contributed by atoms with van der Waals surface area (Å²) in [6.45, 7) is 4.49. The maximum atomic E-state index is 14.6. The van der Waals surface area contributed by atoms with E-state index in [-0.39, 0.29) is 36.5 Å². The van der Waals surface area contributed by atoms with Crippen molar-refractivity contribution < 1.29 is 14.3 Å². The summed E-state index contributed by atoms with van der Waals surface area (Å²) in [5.74, 6) is -0.264. The molecule has 3 aromatic rings. The summed E-state index contributed by atoms with van der Waals surface area (Å²) in [6, 6.07) is 10.1. The van der Waals surface area contributed by atoms with Gasteiger partial charge in [0.15, 0.2) is 0 Å². The molecule has 2 aliphatic rings. The van der Waals surface area contributed by atoms with Gasteiger partial charge < -0.3 is 20.2 Å². The second-order valence-corrected chi connectivity index (χ2v) is 9.93. The van der Waals surface area contributed by atoms with Gasteiger partial charge in [-0.2, -0.15) is 5.10 Å². The number of benzene rings is 2. The van der Waals surface area contributed by atoms with E-state index in [4.69, 9.17) is 11.6 Å². The number of aliphatic hydroxyl groups is 1. The van der Waals surface area contributed by atoms with Crippen molar-refractivity contribution in [1.29, 1.82) is 0 Å². The standard InChI is InChI=1S/C26H31ClFN5O2/c1-17(22-8-6-19(27)12-23(22)28)33-25-13-20(7-5-18(25)14-30-33)31-10-11-32(21(15-31)16-34)26(35)24-4-2-3-9-29-24/h5-8,12-14,17,21,24,29,34H,2-4,9-11,15-16H2,1H3/t17-,21+,24?/m1/s1. The van der Waals surface area contributed by atoms with Crippen molar-refractivity contribution in [3.05, 3.63) is 59.0 Å². The molecule has 3 heterocycles. The molecule has 35 heavy (non-hydrogen) atoms. The number of rotatable bonds is 5. The molecular weight excluding hydrogens is 469 g/mol. The highest BCUT2D eigenvalue weighted by atomic mass is 35.5. The van der Waals surface area contributed by atoms with Gasteiger partial charge in [-0.15, -0.1) is 0 Å². The number of fused-ring (bicyclic) bond motifs is 1. The molecule has 1 unspecified atom stereocenters. The molecule has 5 rings (SSSR count). The van der Waals surface area contributed by atoms with Crippen LogP contribution in [0.4, 0.5) is 10.1 Å². The summed E-state index contributed by atoms with van der Waals surface area (Å²) < 4.78 is 16.4. The summed E-state index contributed by atoms with van der Waals surface area (Å²) >= 11 is 5.93. The number of nitrogens with one attached hydrogen (secondary N) is 1. The number of halogens is 2. The van der Waals surface area contributed by atoms with Crippen LogP contribution in [0.1, 0.15) is 37.8 Å². The highest BCUT2D eigenvalue weighted by Gasteiger charge is 2.34. The maximum Gasteiger partial charge on any atom is 0.240 e. The lowest BCUT2D eigenvalue weighted by Crippen LogP contribution is -2.60. The first-order valence-corrected chi connectivity index (χ1v) is 12.7. The van der Waals surface area contributed by atoms with E-state index < -0.39 is 0 Å². The smallest absolute Gasteiger partial charge is 0.240 e. The van der Waals surface area contributed by atoms with Crippen LogP contribution in [-0.2, 0) is 4.79 Å². The molecule has 0 aliphatic carbocycles. The van der Waals surface area contributed by atoms with E-state index in [1.54, 1.807) is 18.3 Å². The number of piperazine rings is 1. The minimum atomic E-state index is -0.358. The molecule has 186 valence electrons. The number of piperidine rings is 1. The summed E-state index contributed by atoms with van der Waals surface area (Å²) in [5.41, 5.74) is 2.41. The Hall–Kier alpha value is -2.68. The van der Waals surface area contributed by atoms with Crippen LogP contribution in [0.15, 0.2) is 42.6 Å². The first kappa shape index (κ1) is 24.0. The van der Waals surface area contributed by atoms with Gasteiger partial charge >= 0.3 is 0 Å². The van der Waals surface area contributed by atoms with Gasteiger partial charge in [0.1, 0.15) is 5.82 Å². The van der Waals surface area contributed by atoms with Gasteiger partial charge in [0, 0.05) is 41.3 Å². The van der Waals surface area contributed by atoms with Crippen LogP contribution in [0.2, 0.25) is 5.02 Å². The third-order valence-electron chi connectivity index (χ3n) is 7.31. The Morgan fingerprint density at radius 3 is 2.86 bits per heavy atom. The van der Waals surface area contributed by atoms with Crippen LogP contribution >= 0.6 is 11.6 Å². The number of hydrogen-bond acceptors (Lipinski definition) is 5. The van der Waals surface area contributed by atoms with Crippen LogP contribution in [0.5, 0.6) is 0 Å². The van der Waals surface area contributed by atoms with Crippen molar-refractivity contribution >= 4 is 34.1 Å². The molecular formula is C26H31ClFN5O2. The predicted octanol–water partition coefficient (Wildman–Crippen LogP) is 3.59. The number of carbonyl (C=O) groups is 1. The zero-order valence-corrected chi connectivity index (χ0v) is 20.6. The first-order chi connectivity index (χ1) is 17.0. The quantitative estimate of drug-likeness (QED) is 0.561. The molecule has 2 aliphatic heterocycles. The zero-order valence-electron chi connectivity index (χ0n) is 19.8. The lowest BCUT2D eigenvalue weighted by molar-refractivity contribution is -0.137. The fraction of sp³-hybridized carbons (Fsp3) is 0.462. The number of amides is 1. The van der Waals surface area contributed by atoms with Crippen molar-refractivity contribution in [3.63, 3.8) is 0 Å². The van der Waals surface area contributed by atoms with Gasteiger partial charge in [-0.1, -0.05) is 24.1 Å². The Bertz CT molecular complexity index is 1210. The van der Waals surface area contributed by atoms with E-state index in [0.29, 0.717) is 30.2 Å². The SMILES string of the molecule is C[C@H](c1ccc(Cl)cc1F)n1ncc2ccc(N3CCN(C(=O)C4CCCCN4)[C@H](CO)C3)cc21. The van der Waals surface area contributed by atoms with Gasteiger partial charge in [-0.25, -0.2) is 4.39 Å². The Morgan fingerprint density at radius 2 is 2.11 bits per heavy atom. The molecule has 7 nitrogen and oxygen atoms in total. The second kappa shape index (κ2) is 10.1. The molecule has 2 saturated heterocycles. The topological polar surface area (TPSA) is 73.6 Å². The minimum Gasteiger partial charge on any atom is -0.394 e. The monoisotopic (exact) mass is 499 g/mol. The van der Waals surface area contributed by atoms with E-state index in [9.17, 15) is 14.3 Å². The van der Waals surface area contributed by atoms with Crippen LogP contribution in [0.3, 0.4) is 0 Å². The van der Waals surface area contributed by atoms with Gasteiger partial charge in [0.25, 0.3) is 0 Å². The van der Waals surface area contributed by atoms with Gasteiger partial charge in [-0.3, -0.25) is 9.48 Å². The molecule has 9 heteroatoms. The lowest BCUT2D eigenvalue weighted by atomic mass is 10.0. The van der Waals surface area contributed by atoms with Crippen LogP contribution < -0.4 is 10.2 Å². The van der Waals surface area contributed by atoms with Crippen LogP contribution in [-0.4, -0.2) is 70.6 Å². The highest BCUT2D eigenvalue weighted by Crippen LogP contribution is 2.30. The molecule has 0 radical (unpaired) electrons. The Balaban J connectivity index is 1.37. The average Bonchev–Trinajstić information content (AvgIpc) is 3.31. The number of aliphatic hydroxyl groups excluding tert-OH is 1. The summed E-state index contributed by atoms with van der Waals surface area (Å²) in [7, 11) is 0. The minimum absolute atomic E-state index is 0.0813. The number of aromatic nitrogens is 2. The third kappa shape index (κ3) is 4.75. The van der Waals surface area contributed by atoms with E-state index in [1.807, 2.05) is 28.6 Å². The Morgan fingerprint density at radius 1 is 1.26 bits per heavy atom. The number of hydrogen-bond donors (Lipinski definition) is 2. The number of anilines is 1. The molecule has 1 amide bonds. The van der Waals surface area contributed by atoms with Gasteiger partial charge in [0.05, 0.1) is 36.4 Å². The zero-order chi connectivity index (χ0) is 24.5. The molecule has 1 aromatic heterocycles. The summed E-state index contributed by atoms with van der Waals surface area (Å²) in [6.07, 6.45) is 4.79. The molecule has 0 bridgehead atoms. The summed E-state index contributed by atoms with van der Waals surface area (Å²) in [5, 5.41) is 19.3. The molecule has 0 spiro atoms. The average molecular weight is 500 g/mol. The molecule has 2 N–H and O–H groups in total. The maximum absolute atomic E-state index is 14.6. The van der Waals surface area contributed by atoms with Crippen molar-refractivity contribution in [2.24, 2.45) is 0 Å². The summed E-state index contributed by atoms with van der Waals surface area (Å²) in [4.78, 5) is 17.1. The van der Waals surface area contributed by atoms with E-state index in [1.165, 1.54) is 6.07 Å². The van der Waals surface area contributed by atoms with Gasteiger partial charge in [-0.05, 0) is 56.6 Å². The highest BCUT2D eigenvalue weighted by molar-refractivity contribution is 6.30. The normalized spacial score (nSPS) is 21.9. The van der Waals surface area contributed by atoms with E-state index in [0.717, 1.165) is 42.4 Å². The fourth-order valence-corrected chi connectivity index (χ4v) is 5.46. The van der Waals surface area contributed by atoms with Crippen molar-refractivity contribution in [1.82, 2.24) is 20.0 Å². The van der Waals surface area contributed by atoms with Crippen molar-refractivity contribution in [2.75, 3.05) is 37.7 Å². The van der Waals surface area contributed by atoms with E-state index >= 15 is 0 Å². The lowest BCUT2D eigenvalue weighted by Gasteiger charge is -2.43. The Labute approximate surface area is 209 Å². The van der Waals surface area contributed by atoms with Crippen molar-refractivity contribution in [2.45, 2.75) is 44.3 Å². The van der Waals surface area contributed by atoms with Gasteiger partial charge in [0.2, 0.25) is 5.91 Å². The van der Waals surface area contributed by atoms with Crippen LogP contribution in [0.25, 0.3) is 10.9 Å². The Kier molecular flexibility index (Phi) is 6.95. The molecule has 3 atom stereocenters. The fourth-order valence-electron chi connectivity index (χ4n) is 5.30. The largest absolute Gasteiger partial charge is 0.394 e. The molecule has 0 saturated carbocycles. The second-order valence-electron chi connectivity index (χ2n) is 9.49. The van der Waals surface area contributed by atoms with Crippen molar-refractivity contribution in [3.8, 4) is 0 Å². The third-order valence-corrected chi connectivity index (χ3v) is 7.55. The number of nitrogens with zero attached hydrogens (tertiary/aromatic N) is 4. The number of carbonyl (C=O) groups excluding carboxylic acids is 1.